The number of carbonyl (C=O) groups is 1. The molecule has 1 aliphatic carbocycles. The Morgan fingerprint density at radius 3 is 2.79 bits per heavy atom. The average Bonchev–Trinajstić information content (AvgIpc) is 2.89. The quantitative estimate of drug-likeness (QED) is 0.603. The van der Waals surface area contributed by atoms with Gasteiger partial charge in [-0.3, -0.25) is 4.79 Å². The molecule has 19 heavy (non-hydrogen) atoms. The molecule has 0 aromatic heterocycles. The molecular weight excluding hydrogens is 236 g/mol. The van der Waals surface area contributed by atoms with Gasteiger partial charge in [0.2, 0.25) is 0 Å². The fourth-order valence-electron chi connectivity index (χ4n) is 3.53. The summed E-state index contributed by atoms with van der Waals surface area (Å²) in [5.41, 5.74) is 0.676. The van der Waals surface area contributed by atoms with Crippen LogP contribution >= 0.6 is 0 Å². The molecule has 0 bridgehead atoms. The van der Waals surface area contributed by atoms with Crippen LogP contribution in [-0.4, -0.2) is 5.97 Å². The Bertz CT molecular complexity index is 703. The molecular formula is C17H14O2. The van der Waals surface area contributed by atoms with E-state index >= 15 is 0 Å². The molecule has 0 spiro atoms. The summed E-state index contributed by atoms with van der Waals surface area (Å²) < 4.78 is 5.65. The summed E-state index contributed by atoms with van der Waals surface area (Å²) in [5, 5.41) is 2.39. The third kappa shape index (κ3) is 1.29. The van der Waals surface area contributed by atoms with E-state index in [-0.39, 0.29) is 17.8 Å². The molecule has 2 aromatic carbocycles. The smallest absolute Gasteiger partial charge is 0.307 e. The number of benzene rings is 2. The Morgan fingerprint density at radius 2 is 2.00 bits per heavy atom. The first kappa shape index (κ1) is 10.8. The van der Waals surface area contributed by atoms with Crippen molar-refractivity contribution in [2.45, 2.75) is 12.0 Å². The first-order chi connectivity index (χ1) is 9.25. The number of rotatable bonds is 2. The molecule has 2 nitrogen and oxygen atoms in total. The van der Waals surface area contributed by atoms with Gasteiger partial charge in [0.25, 0.3) is 0 Å². The van der Waals surface area contributed by atoms with Crippen LogP contribution in [0.5, 0.6) is 0 Å². The highest BCUT2D eigenvalue weighted by Gasteiger charge is 2.71. The topological polar surface area (TPSA) is 26.3 Å². The minimum Gasteiger partial charge on any atom is -0.453 e. The van der Waals surface area contributed by atoms with Gasteiger partial charge < -0.3 is 4.74 Å². The molecule has 1 heterocycles. The van der Waals surface area contributed by atoms with Crippen molar-refractivity contribution in [1.82, 2.24) is 0 Å². The van der Waals surface area contributed by atoms with Crippen molar-refractivity contribution in [3.63, 3.8) is 0 Å². The van der Waals surface area contributed by atoms with Crippen molar-refractivity contribution in [3.8, 4) is 0 Å². The molecule has 94 valence electrons. The second-order valence-electron chi connectivity index (χ2n) is 5.40. The molecule has 0 amide bonds. The van der Waals surface area contributed by atoms with Crippen LogP contribution in [0.25, 0.3) is 10.8 Å². The number of hydrogen-bond donors (Lipinski definition) is 0. The van der Waals surface area contributed by atoms with Crippen LogP contribution in [0.3, 0.4) is 0 Å². The van der Waals surface area contributed by atoms with E-state index in [1.165, 1.54) is 10.8 Å². The first-order valence-corrected chi connectivity index (χ1v) is 6.59. The summed E-state index contributed by atoms with van der Waals surface area (Å²) in [5.74, 6) is 0.460. The largest absolute Gasteiger partial charge is 0.453 e. The van der Waals surface area contributed by atoms with Crippen molar-refractivity contribution in [2.24, 2.45) is 11.8 Å². The summed E-state index contributed by atoms with van der Waals surface area (Å²) in [7, 11) is 0. The Morgan fingerprint density at radius 1 is 1.21 bits per heavy atom. The predicted octanol–water partition coefficient (Wildman–Crippen LogP) is 3.41. The average molecular weight is 250 g/mol. The fourth-order valence-corrected chi connectivity index (χ4v) is 3.53. The summed E-state index contributed by atoms with van der Waals surface area (Å²) in [4.78, 5) is 11.5. The first-order valence-electron chi connectivity index (χ1n) is 6.59. The second-order valence-corrected chi connectivity index (χ2v) is 5.40. The Labute approximate surface area is 111 Å². The Hall–Kier alpha value is -2.09. The van der Waals surface area contributed by atoms with Gasteiger partial charge in [-0.05, 0) is 22.4 Å². The zero-order valence-corrected chi connectivity index (χ0v) is 10.5. The molecule has 1 saturated heterocycles. The van der Waals surface area contributed by atoms with Crippen LogP contribution in [0.15, 0.2) is 55.1 Å². The van der Waals surface area contributed by atoms with Crippen molar-refractivity contribution in [2.75, 3.05) is 0 Å². The standard InChI is InChI=1S/C17H14O2/c1-2-14-15-10-16(18)19-17(14,15)13-8-7-11-5-3-4-6-12(11)9-13/h2-9,14-15H,1,10H2/t14-,15?,17+/m1/s1. The summed E-state index contributed by atoms with van der Waals surface area (Å²) in [6.07, 6.45) is 2.44. The SMILES string of the molecule is C=C[C@@H]1C2CC(=O)O[C@]21c1ccc2ccccc2c1. The van der Waals surface area contributed by atoms with E-state index in [9.17, 15) is 4.79 Å². The molecule has 1 saturated carbocycles. The molecule has 0 N–H and O–H groups in total. The Balaban J connectivity index is 1.86. The van der Waals surface area contributed by atoms with Gasteiger partial charge in [0, 0.05) is 11.8 Å². The third-order valence-corrected chi connectivity index (χ3v) is 4.49. The molecule has 2 heteroatoms. The molecule has 0 radical (unpaired) electrons. The van der Waals surface area contributed by atoms with E-state index < -0.39 is 5.60 Å². The van der Waals surface area contributed by atoms with E-state index in [2.05, 4.69) is 36.9 Å². The highest BCUT2D eigenvalue weighted by atomic mass is 16.6. The second kappa shape index (κ2) is 3.47. The van der Waals surface area contributed by atoms with Crippen molar-refractivity contribution >= 4 is 16.7 Å². The van der Waals surface area contributed by atoms with E-state index in [4.69, 9.17) is 4.74 Å². The van der Waals surface area contributed by atoms with Gasteiger partial charge in [-0.2, -0.15) is 0 Å². The minimum absolute atomic E-state index is 0.0868. The van der Waals surface area contributed by atoms with Crippen LogP contribution < -0.4 is 0 Å². The van der Waals surface area contributed by atoms with Crippen LogP contribution in [0, 0.1) is 11.8 Å². The van der Waals surface area contributed by atoms with Gasteiger partial charge >= 0.3 is 5.97 Å². The van der Waals surface area contributed by atoms with Gasteiger partial charge in [0.05, 0.1) is 6.42 Å². The number of ether oxygens (including phenoxy) is 1. The monoisotopic (exact) mass is 250 g/mol. The van der Waals surface area contributed by atoms with Gasteiger partial charge in [0.15, 0.2) is 0 Å². The maximum atomic E-state index is 11.5. The molecule has 3 atom stereocenters. The van der Waals surface area contributed by atoms with E-state index in [0.29, 0.717) is 6.42 Å². The highest BCUT2D eigenvalue weighted by molar-refractivity contribution is 5.84. The van der Waals surface area contributed by atoms with E-state index in [1.54, 1.807) is 0 Å². The maximum Gasteiger partial charge on any atom is 0.307 e. The van der Waals surface area contributed by atoms with Crippen molar-refractivity contribution in [1.29, 1.82) is 0 Å². The summed E-state index contributed by atoms with van der Waals surface area (Å²) >= 11 is 0. The molecule has 1 aliphatic heterocycles. The van der Waals surface area contributed by atoms with Crippen LogP contribution in [0.2, 0.25) is 0 Å². The van der Waals surface area contributed by atoms with Gasteiger partial charge in [-0.1, -0.05) is 42.5 Å². The van der Waals surface area contributed by atoms with Crippen molar-refractivity contribution in [3.05, 3.63) is 60.7 Å². The summed E-state index contributed by atoms with van der Waals surface area (Å²) in [6, 6.07) is 14.6. The van der Waals surface area contributed by atoms with E-state index in [1.807, 2.05) is 18.2 Å². The lowest BCUT2D eigenvalue weighted by molar-refractivity contribution is -0.146. The molecule has 2 aromatic rings. The molecule has 2 fully saturated rings. The predicted molar refractivity (Wildman–Crippen MR) is 73.5 cm³/mol. The van der Waals surface area contributed by atoms with Crippen molar-refractivity contribution < 1.29 is 9.53 Å². The number of esters is 1. The lowest BCUT2D eigenvalue weighted by Gasteiger charge is -2.16. The number of carbonyl (C=O) groups excluding carboxylic acids is 1. The van der Waals surface area contributed by atoms with Gasteiger partial charge in [0.1, 0.15) is 5.60 Å². The highest BCUT2D eigenvalue weighted by Crippen LogP contribution is 2.66. The molecule has 4 rings (SSSR count). The maximum absolute atomic E-state index is 11.5. The number of fused-ring (bicyclic) bond motifs is 2. The molecule has 2 aliphatic rings. The van der Waals surface area contributed by atoms with Gasteiger partial charge in [-0.25, -0.2) is 0 Å². The lowest BCUT2D eigenvalue weighted by atomic mass is 10.00. The van der Waals surface area contributed by atoms with Gasteiger partial charge in [-0.15, -0.1) is 6.58 Å². The zero-order chi connectivity index (χ0) is 13.0. The summed E-state index contributed by atoms with van der Waals surface area (Å²) in [6.45, 7) is 3.87. The zero-order valence-electron chi connectivity index (χ0n) is 10.5. The van der Waals surface area contributed by atoms with Crippen LogP contribution in [-0.2, 0) is 15.1 Å². The van der Waals surface area contributed by atoms with Crippen LogP contribution in [0.4, 0.5) is 0 Å². The number of hydrogen-bond acceptors (Lipinski definition) is 2. The lowest BCUT2D eigenvalue weighted by Crippen LogP contribution is -2.15. The normalized spacial score (nSPS) is 31.9. The van der Waals surface area contributed by atoms with Crippen LogP contribution in [0.1, 0.15) is 12.0 Å². The van der Waals surface area contributed by atoms with E-state index in [0.717, 1.165) is 5.56 Å². The minimum atomic E-state index is -0.428. The molecule has 1 unspecified atom stereocenters. The Kier molecular flexibility index (Phi) is 1.97. The fraction of sp³-hybridized carbons (Fsp3) is 0.235. The third-order valence-electron chi connectivity index (χ3n) is 4.49.